The highest BCUT2D eigenvalue weighted by Gasteiger charge is 2.23. The Balaban J connectivity index is 2.06. The average molecular weight is 402 g/mol. The van der Waals surface area contributed by atoms with Crippen LogP contribution in [0.5, 0.6) is 0 Å². The van der Waals surface area contributed by atoms with Gasteiger partial charge in [0, 0.05) is 8.45 Å². The molecule has 0 aliphatic carbocycles. The smallest absolute Gasteiger partial charge is 0.331 e. The lowest BCUT2D eigenvalue weighted by Gasteiger charge is -2.14. The van der Waals surface area contributed by atoms with Gasteiger partial charge >= 0.3 is 12.0 Å². The van der Waals surface area contributed by atoms with Gasteiger partial charge in [0.2, 0.25) is 0 Å². The molecule has 20 heavy (non-hydrogen) atoms. The van der Waals surface area contributed by atoms with Crippen molar-refractivity contribution in [3.8, 4) is 0 Å². The van der Waals surface area contributed by atoms with Crippen molar-refractivity contribution in [3.63, 3.8) is 0 Å². The van der Waals surface area contributed by atoms with Crippen LogP contribution < -0.4 is 10.6 Å². The van der Waals surface area contributed by atoms with Gasteiger partial charge in [0.05, 0.1) is 5.69 Å². The third-order valence-corrected chi connectivity index (χ3v) is 4.35. The van der Waals surface area contributed by atoms with E-state index in [1.54, 1.807) is 29.6 Å². The number of hydrogen-bond donors (Lipinski definition) is 3. The monoisotopic (exact) mass is 402 g/mol. The topological polar surface area (TPSA) is 78.4 Å². The van der Waals surface area contributed by atoms with E-state index in [0.717, 1.165) is 3.57 Å². The Morgan fingerprint density at radius 3 is 2.55 bits per heavy atom. The molecular weight excluding hydrogens is 391 g/mol. The van der Waals surface area contributed by atoms with Gasteiger partial charge in [-0.1, -0.05) is 18.2 Å². The molecule has 0 aliphatic rings. The van der Waals surface area contributed by atoms with Gasteiger partial charge in [-0.25, -0.2) is 9.59 Å². The number of amides is 2. The van der Waals surface area contributed by atoms with E-state index >= 15 is 0 Å². The summed E-state index contributed by atoms with van der Waals surface area (Å²) in [5.74, 6) is -1.09. The lowest BCUT2D eigenvalue weighted by molar-refractivity contribution is -0.139. The fourth-order valence-electron chi connectivity index (χ4n) is 1.56. The van der Waals surface area contributed by atoms with Crippen molar-refractivity contribution in [3.05, 3.63) is 50.2 Å². The molecule has 1 atom stereocenters. The fourth-order valence-corrected chi connectivity index (χ4v) is 2.85. The molecule has 0 bridgehead atoms. The van der Waals surface area contributed by atoms with Crippen molar-refractivity contribution in [1.82, 2.24) is 5.32 Å². The van der Waals surface area contributed by atoms with Gasteiger partial charge in [-0.05, 0) is 46.2 Å². The van der Waals surface area contributed by atoms with Crippen LogP contribution in [0.4, 0.5) is 10.5 Å². The Morgan fingerprint density at radius 2 is 1.95 bits per heavy atom. The minimum absolute atomic E-state index is 0.546. The predicted octanol–water partition coefficient (Wildman–Crippen LogP) is 3.30. The zero-order chi connectivity index (χ0) is 14.5. The lowest BCUT2D eigenvalue weighted by atomic mass is 10.2. The number of hydrogen-bond acceptors (Lipinski definition) is 3. The van der Waals surface area contributed by atoms with Crippen molar-refractivity contribution >= 4 is 51.6 Å². The number of anilines is 1. The number of para-hydroxylation sites is 1. The minimum atomic E-state index is -1.09. The summed E-state index contributed by atoms with van der Waals surface area (Å²) in [6.45, 7) is 0. The van der Waals surface area contributed by atoms with Gasteiger partial charge in [0.25, 0.3) is 0 Å². The van der Waals surface area contributed by atoms with Crippen molar-refractivity contribution < 1.29 is 14.7 Å². The molecule has 1 heterocycles. The fraction of sp³-hybridized carbons (Fsp3) is 0.0769. The zero-order valence-corrected chi connectivity index (χ0v) is 13.1. The molecule has 1 aromatic carbocycles. The molecule has 1 unspecified atom stereocenters. The number of carbonyl (C=O) groups is 2. The van der Waals surface area contributed by atoms with Crippen LogP contribution in [0.2, 0.25) is 0 Å². The van der Waals surface area contributed by atoms with Crippen LogP contribution in [0.25, 0.3) is 0 Å². The van der Waals surface area contributed by atoms with E-state index in [1.165, 1.54) is 11.3 Å². The normalized spacial score (nSPS) is 11.7. The number of halogens is 1. The summed E-state index contributed by atoms with van der Waals surface area (Å²) in [7, 11) is 0. The molecule has 0 fully saturated rings. The maximum absolute atomic E-state index is 11.9. The number of carbonyl (C=O) groups excluding carboxylic acids is 1. The molecule has 0 saturated heterocycles. The maximum atomic E-state index is 11.9. The van der Waals surface area contributed by atoms with Gasteiger partial charge in [0.1, 0.15) is 0 Å². The first-order valence-electron chi connectivity index (χ1n) is 5.66. The summed E-state index contributed by atoms with van der Waals surface area (Å²) in [6, 6.07) is 9.09. The summed E-state index contributed by atoms with van der Waals surface area (Å²) in [4.78, 5) is 23.7. The number of rotatable bonds is 4. The molecule has 0 spiro atoms. The highest BCUT2D eigenvalue weighted by Crippen LogP contribution is 2.20. The van der Waals surface area contributed by atoms with E-state index in [-0.39, 0.29) is 0 Å². The summed E-state index contributed by atoms with van der Waals surface area (Å²) < 4.78 is 0.878. The second-order valence-electron chi connectivity index (χ2n) is 3.86. The second-order valence-corrected chi connectivity index (χ2v) is 6.01. The maximum Gasteiger partial charge on any atom is 0.331 e. The largest absolute Gasteiger partial charge is 0.479 e. The van der Waals surface area contributed by atoms with E-state index < -0.39 is 18.0 Å². The lowest BCUT2D eigenvalue weighted by Crippen LogP contribution is -2.36. The van der Waals surface area contributed by atoms with Crippen molar-refractivity contribution in [2.75, 3.05) is 5.32 Å². The molecule has 2 aromatic rings. The van der Waals surface area contributed by atoms with Crippen LogP contribution in [0.3, 0.4) is 0 Å². The number of thiophene rings is 1. The van der Waals surface area contributed by atoms with Crippen LogP contribution in [0.15, 0.2) is 41.8 Å². The number of nitrogens with one attached hydrogen (secondary N) is 2. The first-order valence-corrected chi connectivity index (χ1v) is 7.62. The molecule has 0 saturated carbocycles. The van der Waals surface area contributed by atoms with Gasteiger partial charge in [-0.3, -0.25) is 0 Å². The van der Waals surface area contributed by atoms with E-state index in [2.05, 4.69) is 33.2 Å². The van der Waals surface area contributed by atoms with Gasteiger partial charge < -0.3 is 15.7 Å². The Hall–Kier alpha value is -1.61. The van der Waals surface area contributed by atoms with E-state index in [9.17, 15) is 14.7 Å². The Kier molecular flexibility index (Phi) is 4.96. The molecule has 2 amide bonds. The van der Waals surface area contributed by atoms with Gasteiger partial charge in [-0.15, -0.1) is 11.3 Å². The van der Waals surface area contributed by atoms with Crippen molar-refractivity contribution in [2.45, 2.75) is 6.04 Å². The third-order valence-electron chi connectivity index (χ3n) is 2.47. The van der Waals surface area contributed by atoms with Crippen LogP contribution in [0, 0.1) is 3.57 Å². The van der Waals surface area contributed by atoms with E-state index in [1.807, 2.05) is 12.1 Å². The van der Waals surface area contributed by atoms with Gasteiger partial charge in [-0.2, -0.15) is 0 Å². The first-order chi connectivity index (χ1) is 9.58. The Labute approximate surface area is 133 Å². The standard InChI is InChI=1S/C13H11IN2O3S/c14-8-4-1-2-5-9(8)15-13(19)16-11(12(17)18)10-6-3-7-20-10/h1-7,11H,(H,17,18)(H2,15,16,19). The highest BCUT2D eigenvalue weighted by atomic mass is 127. The number of carboxylic acids is 1. The summed E-state index contributed by atoms with van der Waals surface area (Å²) in [5, 5.41) is 16.0. The molecule has 104 valence electrons. The Bertz CT molecular complexity index is 616. The average Bonchev–Trinajstić information content (AvgIpc) is 2.92. The summed E-state index contributed by atoms with van der Waals surface area (Å²) in [6.07, 6.45) is 0. The molecular formula is C13H11IN2O3S. The number of carboxylic acid groups (broad SMARTS) is 1. The van der Waals surface area contributed by atoms with E-state index in [4.69, 9.17) is 0 Å². The minimum Gasteiger partial charge on any atom is -0.479 e. The van der Waals surface area contributed by atoms with E-state index in [0.29, 0.717) is 10.6 Å². The van der Waals surface area contributed by atoms with Crippen LogP contribution in [-0.4, -0.2) is 17.1 Å². The highest BCUT2D eigenvalue weighted by molar-refractivity contribution is 14.1. The van der Waals surface area contributed by atoms with Crippen LogP contribution >= 0.6 is 33.9 Å². The van der Waals surface area contributed by atoms with Gasteiger partial charge in [0.15, 0.2) is 6.04 Å². The molecule has 0 radical (unpaired) electrons. The van der Waals surface area contributed by atoms with Crippen LogP contribution in [-0.2, 0) is 4.79 Å². The molecule has 5 nitrogen and oxygen atoms in total. The quantitative estimate of drug-likeness (QED) is 0.687. The number of aliphatic carboxylic acids is 1. The summed E-state index contributed by atoms with van der Waals surface area (Å²) in [5.41, 5.74) is 0.640. The molecule has 0 aliphatic heterocycles. The molecule has 1 aromatic heterocycles. The van der Waals surface area contributed by atoms with Crippen molar-refractivity contribution in [2.24, 2.45) is 0 Å². The summed E-state index contributed by atoms with van der Waals surface area (Å²) >= 11 is 3.38. The Morgan fingerprint density at radius 1 is 1.20 bits per heavy atom. The predicted molar refractivity (Wildman–Crippen MR) is 86.0 cm³/mol. The second kappa shape index (κ2) is 6.71. The molecule has 2 rings (SSSR count). The molecule has 7 heteroatoms. The van der Waals surface area contributed by atoms with Crippen molar-refractivity contribution in [1.29, 1.82) is 0 Å². The van der Waals surface area contributed by atoms with Crippen LogP contribution in [0.1, 0.15) is 10.9 Å². The third kappa shape index (κ3) is 3.70. The SMILES string of the molecule is O=C(Nc1ccccc1I)NC(C(=O)O)c1cccs1. The number of urea groups is 1. The first kappa shape index (κ1) is 14.8. The number of benzene rings is 1. The molecule has 3 N–H and O–H groups in total. The zero-order valence-electron chi connectivity index (χ0n) is 10.2.